The van der Waals surface area contributed by atoms with Crippen LogP contribution in [0.1, 0.15) is 20.7 Å². The normalized spacial score (nSPS) is 13.9. The van der Waals surface area contributed by atoms with Crippen LogP contribution in [0, 0.1) is 0 Å². The zero-order chi connectivity index (χ0) is 13.0. The van der Waals surface area contributed by atoms with Crippen molar-refractivity contribution in [1.29, 1.82) is 0 Å². The fourth-order valence-corrected chi connectivity index (χ4v) is 2.82. The van der Waals surface area contributed by atoms with Gasteiger partial charge in [-0.2, -0.15) is 0 Å². The number of carbonyl (C=O) groups is 1. The van der Waals surface area contributed by atoms with E-state index in [0.717, 1.165) is 11.1 Å². The summed E-state index contributed by atoms with van der Waals surface area (Å²) < 4.78 is 0. The van der Waals surface area contributed by atoms with Gasteiger partial charge in [-0.25, -0.2) is 0 Å². The van der Waals surface area contributed by atoms with Gasteiger partial charge in [-0.3, -0.25) is 4.79 Å². The molecule has 0 aliphatic carbocycles. The minimum atomic E-state index is -0.276. The van der Waals surface area contributed by atoms with E-state index in [9.17, 15) is 4.79 Å². The number of benzene rings is 2. The number of carbonyl (C=O) groups excluding carboxylic acids is 1. The molecule has 2 aromatic carbocycles. The fraction of sp³-hybridized carbons (Fsp3) is 0.133. The maximum absolute atomic E-state index is 12.3. The van der Waals surface area contributed by atoms with Crippen LogP contribution in [0.15, 0.2) is 60.7 Å². The van der Waals surface area contributed by atoms with Crippen LogP contribution in [-0.2, 0) is 0 Å². The molecule has 1 nitrogen and oxygen atoms in total. The molecule has 0 aliphatic rings. The molecule has 0 fully saturated rings. The summed E-state index contributed by atoms with van der Waals surface area (Å²) in [6.45, 7) is 0. The Kier molecular flexibility index (Phi) is 4.72. The van der Waals surface area contributed by atoms with E-state index in [1.807, 2.05) is 60.7 Å². The summed E-state index contributed by atoms with van der Waals surface area (Å²) in [6, 6.07) is 19.2. The zero-order valence-electron chi connectivity index (χ0n) is 9.59. The summed E-state index contributed by atoms with van der Waals surface area (Å²) in [5.74, 6) is 0.0846. The third-order valence-corrected chi connectivity index (χ3v) is 5.39. The summed E-state index contributed by atoms with van der Waals surface area (Å²) in [5.41, 5.74) is 1.81. The number of hydrogen-bond donors (Lipinski definition) is 0. The summed E-state index contributed by atoms with van der Waals surface area (Å²) in [7, 11) is 0. The minimum Gasteiger partial charge on any atom is -0.293 e. The van der Waals surface area contributed by atoms with E-state index in [-0.39, 0.29) is 15.4 Å². The molecule has 3 heteroatoms. The van der Waals surface area contributed by atoms with Crippen molar-refractivity contribution in [2.24, 2.45) is 0 Å². The molecule has 0 amide bonds. The molecule has 0 bridgehead atoms. The molecule has 18 heavy (non-hydrogen) atoms. The molecule has 0 spiro atoms. The summed E-state index contributed by atoms with van der Waals surface area (Å²) in [6.07, 6.45) is 0. The van der Waals surface area contributed by atoms with Crippen molar-refractivity contribution in [3.05, 3.63) is 71.8 Å². The number of alkyl halides is 2. The average Bonchev–Trinajstić information content (AvgIpc) is 2.47. The van der Waals surface area contributed by atoms with Crippen LogP contribution >= 0.6 is 31.9 Å². The van der Waals surface area contributed by atoms with Crippen LogP contribution in [0.3, 0.4) is 0 Å². The monoisotopic (exact) mass is 366 g/mol. The molecule has 2 rings (SSSR count). The van der Waals surface area contributed by atoms with E-state index < -0.39 is 0 Å². The van der Waals surface area contributed by atoms with Crippen LogP contribution in [0.25, 0.3) is 0 Å². The average molecular weight is 368 g/mol. The van der Waals surface area contributed by atoms with Gasteiger partial charge in [-0.05, 0) is 5.56 Å². The van der Waals surface area contributed by atoms with Crippen LogP contribution in [-0.4, -0.2) is 10.6 Å². The minimum absolute atomic E-state index is 0.0357. The Morgan fingerprint density at radius 1 is 0.833 bits per heavy atom. The molecular formula is C15H12Br2O. The maximum Gasteiger partial charge on any atom is 0.177 e. The van der Waals surface area contributed by atoms with Gasteiger partial charge in [0.2, 0.25) is 0 Å². The zero-order valence-corrected chi connectivity index (χ0v) is 12.8. The van der Waals surface area contributed by atoms with Crippen LogP contribution in [0.2, 0.25) is 0 Å². The Labute approximate surface area is 123 Å². The topological polar surface area (TPSA) is 17.1 Å². The lowest BCUT2D eigenvalue weighted by Gasteiger charge is -2.16. The van der Waals surface area contributed by atoms with E-state index in [1.54, 1.807) is 0 Å². The Morgan fingerprint density at radius 3 is 1.89 bits per heavy atom. The lowest BCUT2D eigenvalue weighted by Crippen LogP contribution is -2.19. The molecule has 92 valence electrons. The third kappa shape index (κ3) is 3.09. The van der Waals surface area contributed by atoms with E-state index in [1.165, 1.54) is 0 Å². The Balaban J connectivity index is 2.17. The van der Waals surface area contributed by atoms with Gasteiger partial charge < -0.3 is 0 Å². The van der Waals surface area contributed by atoms with E-state index in [2.05, 4.69) is 31.9 Å². The van der Waals surface area contributed by atoms with Crippen LogP contribution < -0.4 is 0 Å². The highest BCUT2D eigenvalue weighted by atomic mass is 79.9. The van der Waals surface area contributed by atoms with E-state index >= 15 is 0 Å². The predicted octanol–water partition coefficient (Wildman–Crippen LogP) is 4.77. The van der Waals surface area contributed by atoms with Crippen molar-refractivity contribution in [2.45, 2.75) is 9.65 Å². The summed E-state index contributed by atoms with van der Waals surface area (Å²) in [4.78, 5) is 12.0. The van der Waals surface area contributed by atoms with Gasteiger partial charge in [0.05, 0.1) is 9.65 Å². The molecule has 0 aliphatic heterocycles. The smallest absolute Gasteiger partial charge is 0.177 e. The van der Waals surface area contributed by atoms with Gasteiger partial charge in [-0.1, -0.05) is 92.5 Å². The quantitative estimate of drug-likeness (QED) is 0.562. The van der Waals surface area contributed by atoms with Gasteiger partial charge in [0.25, 0.3) is 0 Å². The predicted molar refractivity (Wildman–Crippen MR) is 81.6 cm³/mol. The second kappa shape index (κ2) is 6.30. The Bertz CT molecular complexity index is 511. The SMILES string of the molecule is O=C(c1ccccc1)[C@@H](Br)[C@@H](Br)c1ccccc1. The highest BCUT2D eigenvalue weighted by Crippen LogP contribution is 2.32. The first kappa shape index (κ1) is 13.5. The first-order valence-electron chi connectivity index (χ1n) is 5.62. The second-order valence-corrected chi connectivity index (χ2v) is 5.92. The standard InChI is InChI=1S/C15H12Br2O/c16-13(11-7-3-1-4-8-11)14(17)15(18)12-9-5-2-6-10-12/h1-10,13-14H/t13-,14-/m0/s1. The molecule has 0 heterocycles. The molecule has 2 atom stereocenters. The van der Waals surface area contributed by atoms with Crippen LogP contribution in [0.5, 0.6) is 0 Å². The van der Waals surface area contributed by atoms with Crippen molar-refractivity contribution in [3.8, 4) is 0 Å². The summed E-state index contributed by atoms with van der Waals surface area (Å²) in [5, 5.41) is 0. The third-order valence-electron chi connectivity index (χ3n) is 2.68. The van der Waals surface area contributed by atoms with Gasteiger partial charge in [0, 0.05) is 5.56 Å². The number of ketones is 1. The molecule has 0 N–H and O–H groups in total. The van der Waals surface area contributed by atoms with Crippen molar-refractivity contribution in [2.75, 3.05) is 0 Å². The van der Waals surface area contributed by atoms with Crippen molar-refractivity contribution in [3.63, 3.8) is 0 Å². The largest absolute Gasteiger partial charge is 0.293 e. The fourth-order valence-electron chi connectivity index (χ4n) is 1.70. The maximum atomic E-state index is 12.3. The number of Topliss-reactive ketones (excluding diaryl/α,β-unsaturated/α-hetero) is 1. The van der Waals surface area contributed by atoms with Gasteiger partial charge >= 0.3 is 0 Å². The van der Waals surface area contributed by atoms with Crippen molar-refractivity contribution >= 4 is 37.6 Å². The number of hydrogen-bond acceptors (Lipinski definition) is 1. The first-order valence-corrected chi connectivity index (χ1v) is 7.45. The lowest BCUT2D eigenvalue weighted by atomic mass is 10.0. The molecular weight excluding hydrogens is 356 g/mol. The molecule has 0 aromatic heterocycles. The van der Waals surface area contributed by atoms with Crippen molar-refractivity contribution < 1.29 is 4.79 Å². The molecule has 0 saturated carbocycles. The van der Waals surface area contributed by atoms with Crippen molar-refractivity contribution in [1.82, 2.24) is 0 Å². The van der Waals surface area contributed by atoms with Gasteiger partial charge in [-0.15, -0.1) is 0 Å². The second-order valence-electron chi connectivity index (χ2n) is 3.94. The first-order chi connectivity index (χ1) is 8.70. The molecule has 0 saturated heterocycles. The Hall–Kier alpha value is -0.930. The molecule has 0 radical (unpaired) electrons. The lowest BCUT2D eigenvalue weighted by molar-refractivity contribution is 0.0991. The van der Waals surface area contributed by atoms with E-state index in [4.69, 9.17) is 0 Å². The molecule has 2 aromatic rings. The highest BCUT2D eigenvalue weighted by molar-refractivity contribution is 9.12. The van der Waals surface area contributed by atoms with Gasteiger partial charge in [0.1, 0.15) is 0 Å². The number of rotatable bonds is 4. The van der Waals surface area contributed by atoms with Crippen LogP contribution in [0.4, 0.5) is 0 Å². The number of halogens is 2. The Morgan fingerprint density at radius 2 is 1.33 bits per heavy atom. The van der Waals surface area contributed by atoms with Gasteiger partial charge in [0.15, 0.2) is 5.78 Å². The van der Waals surface area contributed by atoms with E-state index in [0.29, 0.717) is 0 Å². The highest BCUT2D eigenvalue weighted by Gasteiger charge is 2.25. The summed E-state index contributed by atoms with van der Waals surface area (Å²) >= 11 is 7.07. The molecule has 0 unspecified atom stereocenters.